The maximum Gasteiger partial charge on any atom is 0.362 e. The van der Waals surface area contributed by atoms with Gasteiger partial charge in [-0.2, -0.15) is 0 Å². The molecular formula is C20H12ClN5O7. The van der Waals surface area contributed by atoms with Crippen molar-refractivity contribution >= 4 is 46.2 Å². The summed E-state index contributed by atoms with van der Waals surface area (Å²) >= 11 is 5.76. The quantitative estimate of drug-likeness (QED) is 0.277. The number of hydrogen-bond donors (Lipinski definition) is 1. The molecule has 33 heavy (non-hydrogen) atoms. The van der Waals surface area contributed by atoms with Gasteiger partial charge in [-0.3, -0.25) is 25.0 Å². The average molecular weight is 470 g/mol. The van der Waals surface area contributed by atoms with Crippen LogP contribution < -0.4 is 5.48 Å². The fourth-order valence-electron chi connectivity index (χ4n) is 2.47. The van der Waals surface area contributed by atoms with Crippen molar-refractivity contribution in [1.29, 1.82) is 0 Å². The Labute approximate surface area is 189 Å². The number of nitro groups is 2. The van der Waals surface area contributed by atoms with Crippen LogP contribution in [0.25, 0.3) is 0 Å². The van der Waals surface area contributed by atoms with Gasteiger partial charge in [0, 0.05) is 11.1 Å². The van der Waals surface area contributed by atoms with E-state index in [2.05, 4.69) is 15.7 Å². The van der Waals surface area contributed by atoms with Crippen molar-refractivity contribution in [2.75, 3.05) is 5.48 Å². The molecule has 3 rings (SSSR count). The van der Waals surface area contributed by atoms with Crippen LogP contribution in [-0.4, -0.2) is 21.7 Å². The van der Waals surface area contributed by atoms with E-state index in [-0.39, 0.29) is 11.3 Å². The van der Waals surface area contributed by atoms with Gasteiger partial charge in [-0.1, -0.05) is 11.6 Å². The molecule has 3 aromatic carbocycles. The Hall–Kier alpha value is -4.71. The smallest absolute Gasteiger partial charge is 0.338 e. The predicted molar refractivity (Wildman–Crippen MR) is 116 cm³/mol. The summed E-state index contributed by atoms with van der Waals surface area (Å²) in [5, 5.41) is 29.5. The van der Waals surface area contributed by atoms with Crippen LogP contribution in [0.1, 0.15) is 20.7 Å². The predicted octanol–water partition coefficient (Wildman–Crippen LogP) is 5.26. The van der Waals surface area contributed by atoms with E-state index in [9.17, 15) is 29.8 Å². The summed E-state index contributed by atoms with van der Waals surface area (Å²) in [4.78, 5) is 49.3. The van der Waals surface area contributed by atoms with Gasteiger partial charge in [0.05, 0.1) is 32.9 Å². The Morgan fingerprint density at radius 1 is 0.909 bits per heavy atom. The van der Waals surface area contributed by atoms with Crippen molar-refractivity contribution in [2.24, 2.45) is 10.2 Å². The van der Waals surface area contributed by atoms with Gasteiger partial charge in [-0.15, -0.1) is 10.2 Å². The normalized spacial score (nSPS) is 10.6. The van der Waals surface area contributed by atoms with Crippen molar-refractivity contribution in [3.8, 4) is 0 Å². The van der Waals surface area contributed by atoms with Gasteiger partial charge in [0.1, 0.15) is 5.56 Å². The fraction of sp³-hybridized carbons (Fsp3) is 0. The molecular weight excluding hydrogens is 458 g/mol. The number of rotatable bonds is 7. The summed E-state index contributed by atoms with van der Waals surface area (Å²) in [6.07, 6.45) is 0. The molecule has 3 aromatic rings. The molecule has 166 valence electrons. The molecule has 0 spiro atoms. The van der Waals surface area contributed by atoms with Crippen LogP contribution in [0.4, 0.5) is 22.7 Å². The van der Waals surface area contributed by atoms with Crippen molar-refractivity contribution in [3.05, 3.63) is 103 Å². The molecule has 0 aliphatic heterocycles. The molecule has 0 atom stereocenters. The molecule has 0 saturated carbocycles. The number of nitrogens with one attached hydrogen (secondary N) is 1. The minimum absolute atomic E-state index is 0.225. The zero-order chi connectivity index (χ0) is 24.0. The highest BCUT2D eigenvalue weighted by Gasteiger charge is 2.24. The second kappa shape index (κ2) is 10.1. The number of nitro benzene ring substituents is 2. The zero-order valence-corrected chi connectivity index (χ0v) is 17.1. The van der Waals surface area contributed by atoms with E-state index in [1.807, 2.05) is 0 Å². The molecule has 0 aromatic heterocycles. The van der Waals surface area contributed by atoms with Gasteiger partial charge in [-0.25, -0.2) is 10.3 Å². The number of anilines is 1. The second-order valence-corrected chi connectivity index (χ2v) is 6.70. The molecule has 0 heterocycles. The molecule has 1 amide bonds. The fourth-order valence-corrected chi connectivity index (χ4v) is 2.59. The first-order chi connectivity index (χ1) is 15.7. The topological polar surface area (TPSA) is 166 Å². The lowest BCUT2D eigenvalue weighted by Crippen LogP contribution is -2.10. The third kappa shape index (κ3) is 5.92. The zero-order valence-electron chi connectivity index (χ0n) is 16.4. The summed E-state index contributed by atoms with van der Waals surface area (Å²) < 4.78 is 0. The first kappa shape index (κ1) is 23.0. The first-order valence-corrected chi connectivity index (χ1v) is 9.34. The number of hydrogen-bond acceptors (Lipinski definition) is 9. The van der Waals surface area contributed by atoms with E-state index < -0.39 is 38.7 Å². The third-order valence-electron chi connectivity index (χ3n) is 4.08. The lowest BCUT2D eigenvalue weighted by molar-refractivity contribution is -0.394. The molecule has 13 heteroatoms. The van der Waals surface area contributed by atoms with Gasteiger partial charge in [0.25, 0.3) is 11.4 Å². The van der Waals surface area contributed by atoms with E-state index in [0.29, 0.717) is 16.8 Å². The van der Waals surface area contributed by atoms with Crippen LogP contribution in [0, 0.1) is 20.2 Å². The first-order valence-electron chi connectivity index (χ1n) is 8.96. The Kier molecular flexibility index (Phi) is 7.00. The number of azo groups is 1. The summed E-state index contributed by atoms with van der Waals surface area (Å²) in [6, 6.07) is 14.5. The van der Waals surface area contributed by atoms with Crippen LogP contribution in [0.15, 0.2) is 77.0 Å². The van der Waals surface area contributed by atoms with Crippen molar-refractivity contribution < 1.29 is 24.3 Å². The monoisotopic (exact) mass is 469 g/mol. The molecule has 0 fully saturated rings. The van der Waals surface area contributed by atoms with Gasteiger partial charge in [0.15, 0.2) is 0 Å². The molecule has 1 N–H and O–H groups in total. The van der Waals surface area contributed by atoms with Gasteiger partial charge >= 0.3 is 11.9 Å². The minimum Gasteiger partial charge on any atom is -0.338 e. The highest BCUT2D eigenvalue weighted by Crippen LogP contribution is 2.26. The summed E-state index contributed by atoms with van der Waals surface area (Å²) in [5.41, 5.74) is 1.64. The van der Waals surface area contributed by atoms with Gasteiger partial charge in [0.2, 0.25) is 0 Å². The molecule has 0 bridgehead atoms. The molecule has 0 saturated heterocycles. The van der Waals surface area contributed by atoms with E-state index in [1.54, 1.807) is 12.1 Å². The third-order valence-corrected chi connectivity index (χ3v) is 4.34. The molecule has 0 unspecified atom stereocenters. The highest BCUT2D eigenvalue weighted by atomic mass is 35.5. The van der Waals surface area contributed by atoms with E-state index >= 15 is 0 Å². The highest BCUT2D eigenvalue weighted by molar-refractivity contribution is 6.30. The standard InChI is InChI=1S/C20H12ClN5O7/c21-13-3-1-12(2-4-13)20(28)33-24-15-7-5-14(6-8-15)22-23-19(27)17-10-9-16(25(29)30)11-18(17)26(31)32/h1-11,24H. The Balaban J connectivity index is 1.64. The maximum absolute atomic E-state index is 12.2. The molecule has 0 aliphatic rings. The Bertz CT molecular complexity index is 1260. The van der Waals surface area contributed by atoms with Crippen LogP contribution in [0.5, 0.6) is 0 Å². The molecule has 0 radical (unpaired) electrons. The number of amides is 1. The number of halogens is 1. The van der Waals surface area contributed by atoms with Gasteiger partial charge in [-0.05, 0) is 54.6 Å². The SMILES string of the molecule is O=C(ONc1ccc(N=NC(=O)c2ccc([N+](=O)[O-])cc2[N+](=O)[O-])cc1)c1ccc(Cl)cc1. The largest absolute Gasteiger partial charge is 0.362 e. The Morgan fingerprint density at radius 2 is 1.58 bits per heavy atom. The number of carbonyl (C=O) groups is 2. The van der Waals surface area contributed by atoms with E-state index in [4.69, 9.17) is 16.4 Å². The molecule has 0 aliphatic carbocycles. The van der Waals surface area contributed by atoms with Crippen LogP contribution in [0.3, 0.4) is 0 Å². The van der Waals surface area contributed by atoms with E-state index in [0.717, 1.165) is 12.1 Å². The van der Waals surface area contributed by atoms with Gasteiger partial charge < -0.3 is 4.84 Å². The number of benzene rings is 3. The van der Waals surface area contributed by atoms with Crippen LogP contribution >= 0.6 is 11.6 Å². The Morgan fingerprint density at radius 3 is 2.18 bits per heavy atom. The number of nitrogens with zero attached hydrogens (tertiary/aromatic N) is 4. The van der Waals surface area contributed by atoms with Crippen LogP contribution in [0.2, 0.25) is 5.02 Å². The average Bonchev–Trinajstić information content (AvgIpc) is 2.81. The maximum atomic E-state index is 12.2. The van der Waals surface area contributed by atoms with E-state index in [1.165, 1.54) is 36.4 Å². The van der Waals surface area contributed by atoms with Crippen molar-refractivity contribution in [2.45, 2.75) is 0 Å². The lowest BCUT2D eigenvalue weighted by Gasteiger charge is -2.06. The summed E-state index contributed by atoms with van der Waals surface area (Å²) in [6.45, 7) is 0. The lowest BCUT2D eigenvalue weighted by atomic mass is 10.1. The second-order valence-electron chi connectivity index (χ2n) is 6.27. The summed E-state index contributed by atoms with van der Waals surface area (Å²) in [7, 11) is 0. The number of non-ortho nitro benzene ring substituents is 1. The van der Waals surface area contributed by atoms with Crippen molar-refractivity contribution in [1.82, 2.24) is 0 Å². The van der Waals surface area contributed by atoms with Crippen LogP contribution in [-0.2, 0) is 4.84 Å². The van der Waals surface area contributed by atoms with Crippen molar-refractivity contribution in [3.63, 3.8) is 0 Å². The summed E-state index contributed by atoms with van der Waals surface area (Å²) in [5.74, 6) is -1.68. The number of carbonyl (C=O) groups excluding carboxylic acids is 2. The molecule has 12 nitrogen and oxygen atoms in total. The minimum atomic E-state index is -1.05.